The normalized spacial score (nSPS) is 23.1. The topological polar surface area (TPSA) is 58.8 Å². The Bertz CT molecular complexity index is 276. The van der Waals surface area contributed by atoms with Crippen LogP contribution in [0, 0.1) is 5.92 Å². The quantitative estimate of drug-likeness (QED) is 0.721. The second-order valence-corrected chi connectivity index (χ2v) is 6.09. The van der Waals surface area contributed by atoms with Crippen molar-refractivity contribution in [3.05, 3.63) is 0 Å². The monoisotopic (exact) mass is 285 g/mol. The molecule has 1 aliphatic carbocycles. The number of carbonyl (C=O) groups is 1. The van der Waals surface area contributed by atoms with Crippen LogP contribution in [0.4, 0.5) is 0 Å². The van der Waals surface area contributed by atoms with Crippen LogP contribution >= 0.6 is 0 Å². The van der Waals surface area contributed by atoms with Gasteiger partial charge in [-0.25, -0.2) is 0 Å². The van der Waals surface area contributed by atoms with Crippen molar-refractivity contribution in [3.63, 3.8) is 0 Å². The molecule has 0 unspecified atom stereocenters. The van der Waals surface area contributed by atoms with E-state index < -0.39 is 0 Å². The zero-order chi connectivity index (χ0) is 15.0. The van der Waals surface area contributed by atoms with Gasteiger partial charge in [-0.1, -0.05) is 0 Å². The number of ether oxygens (including phenoxy) is 1. The van der Waals surface area contributed by atoms with Crippen LogP contribution in [-0.2, 0) is 9.53 Å². The smallest absolute Gasteiger partial charge is 0.225 e. The molecule has 1 fully saturated rings. The van der Waals surface area contributed by atoms with Gasteiger partial charge in [-0.05, 0) is 52.7 Å². The molecule has 2 N–H and O–H groups in total. The second-order valence-electron chi connectivity index (χ2n) is 6.09. The molecule has 5 nitrogen and oxygen atoms in total. The van der Waals surface area contributed by atoms with E-state index in [1.54, 1.807) is 7.11 Å². The van der Waals surface area contributed by atoms with Gasteiger partial charge in [-0.15, -0.1) is 0 Å². The van der Waals surface area contributed by atoms with E-state index in [2.05, 4.69) is 19.0 Å². The summed E-state index contributed by atoms with van der Waals surface area (Å²) >= 11 is 0. The minimum absolute atomic E-state index is 0.172. The third kappa shape index (κ3) is 6.20. The Balaban J connectivity index is 2.45. The van der Waals surface area contributed by atoms with Crippen LogP contribution in [0.5, 0.6) is 0 Å². The average Bonchev–Trinajstić information content (AvgIpc) is 2.42. The Labute approximate surface area is 123 Å². The molecule has 5 heteroatoms. The van der Waals surface area contributed by atoms with Crippen molar-refractivity contribution >= 4 is 5.91 Å². The average molecular weight is 285 g/mol. The number of carbonyl (C=O) groups excluding carboxylic acids is 1. The minimum atomic E-state index is 0.172. The van der Waals surface area contributed by atoms with E-state index in [4.69, 9.17) is 10.5 Å². The Morgan fingerprint density at radius 3 is 2.35 bits per heavy atom. The molecule has 1 aliphatic rings. The van der Waals surface area contributed by atoms with Gasteiger partial charge in [0.15, 0.2) is 0 Å². The molecular formula is C15H31N3O2. The van der Waals surface area contributed by atoms with Gasteiger partial charge < -0.3 is 20.3 Å². The van der Waals surface area contributed by atoms with Gasteiger partial charge in [0.05, 0.1) is 6.61 Å². The Hall–Kier alpha value is -0.650. The zero-order valence-electron chi connectivity index (χ0n) is 13.3. The van der Waals surface area contributed by atoms with Crippen LogP contribution < -0.4 is 5.73 Å². The van der Waals surface area contributed by atoms with Crippen LogP contribution in [0.15, 0.2) is 0 Å². The molecule has 0 spiro atoms. The lowest BCUT2D eigenvalue weighted by molar-refractivity contribution is -0.137. The van der Waals surface area contributed by atoms with Gasteiger partial charge >= 0.3 is 0 Å². The van der Waals surface area contributed by atoms with E-state index in [9.17, 15) is 4.79 Å². The van der Waals surface area contributed by atoms with E-state index in [-0.39, 0.29) is 5.92 Å². The van der Waals surface area contributed by atoms with Crippen LogP contribution in [-0.4, -0.2) is 69.2 Å². The summed E-state index contributed by atoms with van der Waals surface area (Å²) in [6.45, 7) is 3.14. The molecule has 1 amide bonds. The number of amides is 1. The molecule has 0 bridgehead atoms. The summed E-state index contributed by atoms with van der Waals surface area (Å²) in [6.07, 6.45) is 4.85. The van der Waals surface area contributed by atoms with Gasteiger partial charge in [-0.3, -0.25) is 4.79 Å². The van der Waals surface area contributed by atoms with Gasteiger partial charge in [0.2, 0.25) is 5.91 Å². The van der Waals surface area contributed by atoms with Crippen molar-refractivity contribution in [2.45, 2.75) is 38.1 Å². The fourth-order valence-corrected chi connectivity index (χ4v) is 2.74. The standard InChI is InChI=1S/C15H31N3O2/c1-17(2)9-4-10-18(11-12-20-3)15(19)13-5-7-14(16)8-6-13/h13-14H,4-12,16H2,1-3H3. The summed E-state index contributed by atoms with van der Waals surface area (Å²) in [7, 11) is 5.80. The Kier molecular flexibility index (Phi) is 8.11. The van der Waals surface area contributed by atoms with E-state index >= 15 is 0 Å². The number of methoxy groups -OCH3 is 1. The molecule has 0 saturated heterocycles. The Morgan fingerprint density at radius 2 is 1.80 bits per heavy atom. The first-order chi connectivity index (χ1) is 9.54. The number of hydrogen-bond acceptors (Lipinski definition) is 4. The highest BCUT2D eigenvalue weighted by atomic mass is 16.5. The maximum Gasteiger partial charge on any atom is 0.225 e. The second kappa shape index (κ2) is 9.32. The van der Waals surface area contributed by atoms with Crippen LogP contribution in [0.25, 0.3) is 0 Å². The molecule has 0 atom stereocenters. The largest absolute Gasteiger partial charge is 0.383 e. The SMILES string of the molecule is COCCN(CCCN(C)C)C(=O)C1CCC(N)CC1. The fourth-order valence-electron chi connectivity index (χ4n) is 2.74. The van der Waals surface area contributed by atoms with E-state index in [0.717, 1.165) is 45.2 Å². The van der Waals surface area contributed by atoms with Gasteiger partial charge in [0.1, 0.15) is 0 Å². The summed E-state index contributed by atoms with van der Waals surface area (Å²) in [5, 5.41) is 0. The highest BCUT2D eigenvalue weighted by Crippen LogP contribution is 2.25. The summed E-state index contributed by atoms with van der Waals surface area (Å²) in [6, 6.07) is 0.292. The zero-order valence-corrected chi connectivity index (χ0v) is 13.3. The summed E-state index contributed by atoms with van der Waals surface area (Å²) in [4.78, 5) is 16.7. The van der Waals surface area contributed by atoms with Crippen molar-refractivity contribution in [2.24, 2.45) is 11.7 Å². The Morgan fingerprint density at radius 1 is 1.15 bits per heavy atom. The predicted molar refractivity (Wildman–Crippen MR) is 81.6 cm³/mol. The third-order valence-corrected chi connectivity index (χ3v) is 4.03. The summed E-state index contributed by atoms with van der Waals surface area (Å²) in [5.74, 6) is 0.471. The predicted octanol–water partition coefficient (Wildman–Crippen LogP) is 0.931. The maximum atomic E-state index is 12.6. The molecule has 0 aromatic heterocycles. The first-order valence-electron chi connectivity index (χ1n) is 7.72. The third-order valence-electron chi connectivity index (χ3n) is 4.03. The maximum absolute atomic E-state index is 12.6. The van der Waals surface area contributed by atoms with Crippen molar-refractivity contribution in [3.8, 4) is 0 Å². The molecule has 118 valence electrons. The molecular weight excluding hydrogens is 254 g/mol. The number of hydrogen-bond donors (Lipinski definition) is 1. The minimum Gasteiger partial charge on any atom is -0.383 e. The molecule has 0 aliphatic heterocycles. The summed E-state index contributed by atoms with van der Waals surface area (Å²) < 4.78 is 5.13. The highest BCUT2D eigenvalue weighted by molar-refractivity contribution is 5.79. The molecule has 0 radical (unpaired) electrons. The molecule has 1 saturated carbocycles. The fraction of sp³-hybridized carbons (Fsp3) is 0.933. The van der Waals surface area contributed by atoms with Gasteiger partial charge in [-0.2, -0.15) is 0 Å². The van der Waals surface area contributed by atoms with Crippen LogP contribution in [0.2, 0.25) is 0 Å². The highest BCUT2D eigenvalue weighted by Gasteiger charge is 2.27. The van der Waals surface area contributed by atoms with Crippen LogP contribution in [0.1, 0.15) is 32.1 Å². The van der Waals surface area contributed by atoms with Crippen LogP contribution in [0.3, 0.4) is 0 Å². The van der Waals surface area contributed by atoms with Crippen molar-refractivity contribution < 1.29 is 9.53 Å². The molecule has 0 aromatic rings. The van der Waals surface area contributed by atoms with Gasteiger partial charge in [0.25, 0.3) is 0 Å². The first-order valence-corrected chi connectivity index (χ1v) is 7.72. The van der Waals surface area contributed by atoms with Crippen molar-refractivity contribution in [1.29, 1.82) is 0 Å². The molecule has 0 aromatic carbocycles. The lowest BCUT2D eigenvalue weighted by Crippen LogP contribution is -2.42. The number of rotatable bonds is 8. The van der Waals surface area contributed by atoms with Crippen molar-refractivity contribution in [2.75, 3.05) is 47.4 Å². The van der Waals surface area contributed by atoms with E-state index in [0.29, 0.717) is 25.1 Å². The molecule has 20 heavy (non-hydrogen) atoms. The van der Waals surface area contributed by atoms with Crippen molar-refractivity contribution in [1.82, 2.24) is 9.80 Å². The van der Waals surface area contributed by atoms with E-state index in [1.807, 2.05) is 4.90 Å². The van der Waals surface area contributed by atoms with E-state index in [1.165, 1.54) is 0 Å². The number of nitrogens with zero attached hydrogens (tertiary/aromatic N) is 2. The van der Waals surface area contributed by atoms with Gasteiger partial charge in [0, 0.05) is 32.2 Å². The lowest BCUT2D eigenvalue weighted by atomic mass is 9.85. The number of nitrogens with two attached hydrogens (primary N) is 1. The molecule has 1 rings (SSSR count). The first kappa shape index (κ1) is 17.4. The summed E-state index contributed by atoms with van der Waals surface area (Å²) in [5.41, 5.74) is 5.92. The lowest BCUT2D eigenvalue weighted by Gasteiger charge is -2.31. The molecule has 0 heterocycles.